The third-order valence-electron chi connectivity index (χ3n) is 6.95. The average Bonchev–Trinajstić information content (AvgIpc) is 3.52. The van der Waals surface area contributed by atoms with Crippen LogP contribution in [0, 0.1) is 5.92 Å². The number of amides is 1. The molecule has 2 saturated heterocycles. The van der Waals surface area contributed by atoms with Gasteiger partial charge in [-0.25, -0.2) is 17.7 Å². The summed E-state index contributed by atoms with van der Waals surface area (Å²) >= 11 is 0. The molecule has 4 heterocycles. The molecule has 10 nitrogen and oxygen atoms in total. The molecule has 188 valence electrons. The predicted molar refractivity (Wildman–Crippen MR) is 133 cm³/mol. The number of hydrogen-bond donors (Lipinski definition) is 2. The summed E-state index contributed by atoms with van der Waals surface area (Å²) < 4.78 is 30.8. The first-order valence-electron chi connectivity index (χ1n) is 12.2. The van der Waals surface area contributed by atoms with Crippen molar-refractivity contribution >= 4 is 27.7 Å². The second kappa shape index (κ2) is 10.1. The molecule has 2 N–H and O–H groups in total. The van der Waals surface area contributed by atoms with Gasteiger partial charge >= 0.3 is 0 Å². The number of nitrogens with zero attached hydrogens (tertiary/aromatic N) is 4. The number of fused-ring (bicyclic) bond motifs is 1. The number of benzene rings is 1. The molecule has 0 spiro atoms. The van der Waals surface area contributed by atoms with Gasteiger partial charge < -0.3 is 15.4 Å². The number of rotatable bonds is 7. The van der Waals surface area contributed by atoms with E-state index in [-0.39, 0.29) is 11.9 Å². The van der Waals surface area contributed by atoms with Crippen LogP contribution in [0.1, 0.15) is 35.2 Å². The van der Waals surface area contributed by atoms with Crippen LogP contribution in [0.3, 0.4) is 0 Å². The zero-order valence-corrected chi connectivity index (χ0v) is 20.8. The number of ether oxygens (including phenoxy) is 1. The highest BCUT2D eigenvalue weighted by molar-refractivity contribution is 7.88. The molecule has 5 rings (SSSR count). The van der Waals surface area contributed by atoms with Crippen LogP contribution < -0.4 is 20.3 Å². The Morgan fingerprint density at radius 3 is 2.86 bits per heavy atom. The highest BCUT2D eigenvalue weighted by atomic mass is 32.2. The molecule has 1 amide bonds. The molecule has 2 fully saturated rings. The van der Waals surface area contributed by atoms with Gasteiger partial charge in [-0.2, -0.15) is 4.98 Å². The summed E-state index contributed by atoms with van der Waals surface area (Å²) in [7, 11) is -3.23. The normalized spacial score (nSPS) is 20.9. The second-order valence-corrected chi connectivity index (χ2v) is 11.5. The fourth-order valence-corrected chi connectivity index (χ4v) is 5.87. The molecule has 0 aliphatic carbocycles. The summed E-state index contributed by atoms with van der Waals surface area (Å²) in [5.41, 5.74) is 1.68. The Labute approximate surface area is 206 Å². The van der Waals surface area contributed by atoms with Gasteiger partial charge in [0, 0.05) is 43.9 Å². The van der Waals surface area contributed by atoms with E-state index in [1.165, 1.54) is 10.6 Å². The highest BCUT2D eigenvalue weighted by Gasteiger charge is 2.30. The topological polar surface area (TPSA) is 117 Å². The number of carbonyl (C=O) groups is 1. The number of piperidine rings is 1. The number of carbonyl (C=O) groups excluding carboxylic acids is 1. The fraction of sp³-hybridized carbons (Fsp3) is 0.542. The van der Waals surface area contributed by atoms with Gasteiger partial charge in [-0.3, -0.25) is 9.69 Å². The largest absolute Gasteiger partial charge is 0.493 e. The minimum absolute atomic E-state index is 0.0785. The van der Waals surface area contributed by atoms with Gasteiger partial charge in [0.15, 0.2) is 0 Å². The summed E-state index contributed by atoms with van der Waals surface area (Å²) in [5, 5.41) is 6.64. The van der Waals surface area contributed by atoms with Gasteiger partial charge in [-0.1, -0.05) is 0 Å². The van der Waals surface area contributed by atoms with E-state index in [1.54, 1.807) is 17.2 Å². The first kappa shape index (κ1) is 24.0. The number of hydrogen-bond acceptors (Lipinski definition) is 8. The molecule has 11 heteroatoms. The first-order valence-corrected chi connectivity index (χ1v) is 14.0. The van der Waals surface area contributed by atoms with Crippen LogP contribution in [0.2, 0.25) is 0 Å². The van der Waals surface area contributed by atoms with E-state index in [9.17, 15) is 13.2 Å². The van der Waals surface area contributed by atoms with Crippen molar-refractivity contribution in [1.29, 1.82) is 0 Å². The molecule has 1 atom stereocenters. The molecule has 3 aliphatic heterocycles. The molecule has 1 aromatic heterocycles. The standard InChI is InChI=1S/C24H32N6O4S/c1-35(32,33)29-12-7-20(16-29)27-24-26-11-6-22(28-24)30(15-17-4-9-25-10-5-17)23(31)19-2-3-21-18(14-19)8-13-34-21/h2-3,6,11,14,17,20,25H,4-5,7-10,12-13,15-16H2,1H3,(H,26,27,28). The molecule has 0 bridgehead atoms. The van der Waals surface area contributed by atoms with E-state index in [0.717, 1.165) is 43.7 Å². The first-order chi connectivity index (χ1) is 16.9. The van der Waals surface area contributed by atoms with Crippen molar-refractivity contribution in [2.75, 3.05) is 55.8 Å². The van der Waals surface area contributed by atoms with E-state index in [4.69, 9.17) is 4.74 Å². The molecular weight excluding hydrogens is 468 g/mol. The van der Waals surface area contributed by atoms with Crippen LogP contribution in [-0.4, -0.2) is 80.2 Å². The lowest BCUT2D eigenvalue weighted by molar-refractivity contribution is 0.0980. The van der Waals surface area contributed by atoms with Gasteiger partial charge in [-0.15, -0.1) is 0 Å². The Bertz CT molecular complexity index is 1180. The van der Waals surface area contributed by atoms with Crippen molar-refractivity contribution in [2.45, 2.75) is 31.7 Å². The number of aromatic nitrogens is 2. The minimum atomic E-state index is -3.23. The maximum Gasteiger partial charge on any atom is 0.259 e. The third kappa shape index (κ3) is 5.57. The van der Waals surface area contributed by atoms with Crippen molar-refractivity contribution in [1.82, 2.24) is 19.6 Å². The van der Waals surface area contributed by atoms with Gasteiger partial charge in [-0.05, 0) is 68.1 Å². The second-order valence-electron chi connectivity index (χ2n) is 9.52. The lowest BCUT2D eigenvalue weighted by Crippen LogP contribution is -2.40. The van der Waals surface area contributed by atoms with Crippen molar-refractivity contribution in [3.8, 4) is 5.75 Å². The molecule has 0 radical (unpaired) electrons. The third-order valence-corrected chi connectivity index (χ3v) is 8.22. The smallest absolute Gasteiger partial charge is 0.259 e. The zero-order valence-electron chi connectivity index (χ0n) is 19.9. The summed E-state index contributed by atoms with van der Waals surface area (Å²) in [4.78, 5) is 24.5. The SMILES string of the molecule is CS(=O)(=O)N1CCC(Nc2nccc(N(CC3CCNCC3)C(=O)c3ccc4c(c3)CCO4)n2)C1. The monoisotopic (exact) mass is 500 g/mol. The number of anilines is 2. The van der Waals surface area contributed by atoms with Gasteiger partial charge in [0.2, 0.25) is 16.0 Å². The van der Waals surface area contributed by atoms with Crippen LogP contribution in [0.5, 0.6) is 5.75 Å². The summed E-state index contributed by atoms with van der Waals surface area (Å²) in [6.45, 7) is 3.95. The van der Waals surface area contributed by atoms with E-state index in [0.29, 0.717) is 55.9 Å². The van der Waals surface area contributed by atoms with E-state index in [1.807, 2.05) is 18.2 Å². The molecule has 1 unspecified atom stereocenters. The van der Waals surface area contributed by atoms with Crippen LogP contribution in [-0.2, 0) is 16.4 Å². The summed E-state index contributed by atoms with van der Waals surface area (Å²) in [5.74, 6) is 2.07. The Balaban J connectivity index is 1.38. The highest BCUT2D eigenvalue weighted by Crippen LogP contribution is 2.28. The van der Waals surface area contributed by atoms with Crippen LogP contribution in [0.15, 0.2) is 30.5 Å². The summed E-state index contributed by atoms with van der Waals surface area (Å²) in [6, 6.07) is 7.31. The Morgan fingerprint density at radius 2 is 2.09 bits per heavy atom. The zero-order chi connectivity index (χ0) is 24.4. The molecule has 1 aromatic carbocycles. The number of nitrogens with one attached hydrogen (secondary N) is 2. The predicted octanol–water partition coefficient (Wildman–Crippen LogP) is 1.50. The molecule has 0 saturated carbocycles. The Morgan fingerprint density at radius 1 is 1.26 bits per heavy atom. The van der Waals surface area contributed by atoms with Crippen LogP contribution in [0.4, 0.5) is 11.8 Å². The Kier molecular flexibility index (Phi) is 6.90. The fourth-order valence-electron chi connectivity index (χ4n) is 4.98. The van der Waals surface area contributed by atoms with E-state index in [2.05, 4.69) is 20.6 Å². The minimum Gasteiger partial charge on any atom is -0.493 e. The van der Waals surface area contributed by atoms with Gasteiger partial charge in [0.25, 0.3) is 5.91 Å². The van der Waals surface area contributed by atoms with Gasteiger partial charge in [0.1, 0.15) is 11.6 Å². The Hall–Kier alpha value is -2.76. The maximum atomic E-state index is 13.7. The lowest BCUT2D eigenvalue weighted by Gasteiger charge is -2.30. The number of sulfonamides is 1. The van der Waals surface area contributed by atoms with Crippen LogP contribution in [0.25, 0.3) is 0 Å². The average molecular weight is 501 g/mol. The van der Waals surface area contributed by atoms with Crippen molar-refractivity contribution in [2.24, 2.45) is 5.92 Å². The molecule has 35 heavy (non-hydrogen) atoms. The van der Waals surface area contributed by atoms with Crippen molar-refractivity contribution in [3.63, 3.8) is 0 Å². The maximum absolute atomic E-state index is 13.7. The van der Waals surface area contributed by atoms with Crippen LogP contribution >= 0.6 is 0 Å². The summed E-state index contributed by atoms with van der Waals surface area (Å²) in [6.07, 6.45) is 6.35. The van der Waals surface area contributed by atoms with Crippen molar-refractivity contribution in [3.05, 3.63) is 41.6 Å². The molecule has 2 aromatic rings. The molecular formula is C24H32N6O4S. The van der Waals surface area contributed by atoms with E-state index < -0.39 is 10.0 Å². The van der Waals surface area contributed by atoms with Crippen molar-refractivity contribution < 1.29 is 17.9 Å². The lowest BCUT2D eigenvalue weighted by atomic mass is 9.97. The van der Waals surface area contributed by atoms with Gasteiger partial charge in [0.05, 0.1) is 12.9 Å². The van der Waals surface area contributed by atoms with E-state index >= 15 is 0 Å². The molecule has 3 aliphatic rings. The quantitative estimate of drug-likeness (QED) is 0.588.